The maximum absolute atomic E-state index is 6.18. The van der Waals surface area contributed by atoms with Crippen LogP contribution in [0.2, 0.25) is 5.02 Å². The lowest BCUT2D eigenvalue weighted by Crippen LogP contribution is -2.37. The number of aromatic nitrogens is 2. The Hall–Kier alpha value is -2.99. The first-order valence-corrected chi connectivity index (χ1v) is 10.00. The van der Waals surface area contributed by atoms with Crippen LogP contribution in [0.5, 0.6) is 5.75 Å². The van der Waals surface area contributed by atoms with Crippen LogP contribution in [0.1, 0.15) is 17.5 Å². The molecule has 7 heteroatoms. The van der Waals surface area contributed by atoms with Gasteiger partial charge < -0.3 is 15.4 Å². The molecule has 0 radical (unpaired) electrons. The van der Waals surface area contributed by atoms with Crippen molar-refractivity contribution < 1.29 is 4.74 Å². The van der Waals surface area contributed by atoms with Gasteiger partial charge in [0.25, 0.3) is 0 Å². The quantitative estimate of drug-likeness (QED) is 0.319. The molecule has 0 saturated heterocycles. The summed E-state index contributed by atoms with van der Waals surface area (Å²) in [6.45, 7) is 2.80. The van der Waals surface area contributed by atoms with Crippen molar-refractivity contribution in [1.82, 2.24) is 20.4 Å². The number of ether oxygens (including phenoxy) is 1. The molecule has 3 aromatic rings. The predicted octanol–water partition coefficient (Wildman–Crippen LogP) is 3.87. The predicted molar refractivity (Wildman–Crippen MR) is 117 cm³/mol. The zero-order chi connectivity index (χ0) is 20.3. The van der Waals surface area contributed by atoms with E-state index in [0.717, 1.165) is 36.6 Å². The number of halogens is 1. The maximum atomic E-state index is 6.18. The van der Waals surface area contributed by atoms with Crippen LogP contribution in [0.25, 0.3) is 0 Å². The van der Waals surface area contributed by atoms with E-state index in [4.69, 9.17) is 16.3 Å². The van der Waals surface area contributed by atoms with E-state index in [1.54, 1.807) is 13.2 Å². The highest BCUT2D eigenvalue weighted by atomic mass is 35.5. The van der Waals surface area contributed by atoms with Crippen molar-refractivity contribution in [3.05, 3.63) is 83.1 Å². The zero-order valence-electron chi connectivity index (χ0n) is 16.5. The van der Waals surface area contributed by atoms with Gasteiger partial charge in [0.05, 0.1) is 5.02 Å². The molecular formula is C22H26ClN5O. The molecule has 0 fully saturated rings. The smallest absolute Gasteiger partial charge is 0.191 e. The van der Waals surface area contributed by atoms with E-state index in [0.29, 0.717) is 23.9 Å². The Morgan fingerprint density at radius 2 is 1.86 bits per heavy atom. The second-order valence-corrected chi connectivity index (χ2v) is 6.87. The molecule has 0 aliphatic rings. The van der Waals surface area contributed by atoms with Gasteiger partial charge in [-0.2, -0.15) is 5.10 Å². The maximum Gasteiger partial charge on any atom is 0.191 e. The lowest BCUT2D eigenvalue weighted by molar-refractivity contribution is 0.305. The second kappa shape index (κ2) is 11.1. The summed E-state index contributed by atoms with van der Waals surface area (Å²) in [5.41, 5.74) is 2.26. The van der Waals surface area contributed by atoms with Crippen molar-refractivity contribution >= 4 is 17.6 Å². The molecule has 0 amide bonds. The van der Waals surface area contributed by atoms with E-state index in [9.17, 15) is 0 Å². The van der Waals surface area contributed by atoms with Crippen LogP contribution >= 0.6 is 11.6 Å². The summed E-state index contributed by atoms with van der Waals surface area (Å²) in [7, 11) is 1.77. The average Bonchev–Trinajstić information content (AvgIpc) is 3.27. The number of nitrogens with zero attached hydrogens (tertiary/aromatic N) is 3. The fourth-order valence-electron chi connectivity index (χ4n) is 2.87. The van der Waals surface area contributed by atoms with Gasteiger partial charge in [0.2, 0.25) is 0 Å². The van der Waals surface area contributed by atoms with Gasteiger partial charge in [-0.3, -0.25) is 9.67 Å². The number of aryl methyl sites for hydroxylation is 1. The molecule has 29 heavy (non-hydrogen) atoms. The van der Waals surface area contributed by atoms with Gasteiger partial charge >= 0.3 is 0 Å². The fraction of sp³-hybridized carbons (Fsp3) is 0.273. The molecule has 2 aromatic carbocycles. The molecular weight excluding hydrogens is 386 g/mol. The van der Waals surface area contributed by atoms with Gasteiger partial charge in [-0.1, -0.05) is 48.0 Å². The van der Waals surface area contributed by atoms with Gasteiger partial charge in [-0.25, -0.2) is 0 Å². The fourth-order valence-corrected chi connectivity index (χ4v) is 3.06. The lowest BCUT2D eigenvalue weighted by atomic mass is 10.1. The summed E-state index contributed by atoms with van der Waals surface area (Å²) >= 11 is 6.18. The van der Waals surface area contributed by atoms with Crippen LogP contribution in [0, 0.1) is 0 Å². The number of rotatable bonds is 9. The summed E-state index contributed by atoms with van der Waals surface area (Å²) in [6.07, 6.45) is 4.72. The largest absolute Gasteiger partial charge is 0.487 e. The molecule has 0 saturated carbocycles. The Morgan fingerprint density at radius 1 is 1.07 bits per heavy atom. The number of nitrogens with one attached hydrogen (secondary N) is 2. The minimum absolute atomic E-state index is 0.456. The third kappa shape index (κ3) is 6.54. The van der Waals surface area contributed by atoms with Crippen molar-refractivity contribution in [2.45, 2.75) is 26.1 Å². The Balaban J connectivity index is 1.48. The number of hydrogen-bond donors (Lipinski definition) is 2. The van der Waals surface area contributed by atoms with Gasteiger partial charge in [0.1, 0.15) is 12.4 Å². The van der Waals surface area contributed by atoms with Crippen LogP contribution in [-0.4, -0.2) is 29.3 Å². The first-order valence-electron chi connectivity index (χ1n) is 9.62. The van der Waals surface area contributed by atoms with Crippen molar-refractivity contribution in [1.29, 1.82) is 0 Å². The van der Waals surface area contributed by atoms with Crippen LogP contribution in [0.15, 0.2) is 72.0 Å². The van der Waals surface area contributed by atoms with E-state index in [-0.39, 0.29) is 0 Å². The van der Waals surface area contributed by atoms with Crippen LogP contribution < -0.4 is 15.4 Å². The summed E-state index contributed by atoms with van der Waals surface area (Å²) < 4.78 is 7.82. The van der Waals surface area contributed by atoms with Crippen molar-refractivity contribution in [2.24, 2.45) is 4.99 Å². The Labute approximate surface area is 176 Å². The molecule has 2 N–H and O–H groups in total. The first kappa shape index (κ1) is 20.7. The van der Waals surface area contributed by atoms with Crippen molar-refractivity contribution in [3.8, 4) is 5.75 Å². The van der Waals surface area contributed by atoms with Gasteiger partial charge in [0, 0.05) is 39.1 Å². The minimum atomic E-state index is 0.456. The lowest BCUT2D eigenvalue weighted by Gasteiger charge is -2.15. The third-order valence-electron chi connectivity index (χ3n) is 4.42. The Bertz CT molecular complexity index is 911. The standard InChI is InChI=1S/C22H26ClN5O/c1-24-22(25-12-6-14-28-15-7-13-27-28)26-16-18-8-2-3-9-19(18)17-29-21-11-5-4-10-20(21)23/h2-5,7-11,13,15H,6,12,14,16-17H2,1H3,(H2,24,25,26). The molecule has 6 nitrogen and oxygen atoms in total. The van der Waals surface area contributed by atoms with Crippen molar-refractivity contribution in [3.63, 3.8) is 0 Å². The van der Waals surface area contributed by atoms with Crippen molar-refractivity contribution in [2.75, 3.05) is 13.6 Å². The highest BCUT2D eigenvalue weighted by Gasteiger charge is 2.06. The molecule has 0 aliphatic carbocycles. The number of aliphatic imine (C=N–C) groups is 1. The van der Waals surface area contributed by atoms with E-state index in [1.165, 1.54) is 0 Å². The molecule has 1 aromatic heterocycles. The SMILES string of the molecule is CN=C(NCCCn1cccn1)NCc1ccccc1COc1ccccc1Cl. The minimum Gasteiger partial charge on any atom is -0.487 e. The third-order valence-corrected chi connectivity index (χ3v) is 4.74. The summed E-state index contributed by atoms with van der Waals surface area (Å²) in [4.78, 5) is 4.30. The summed E-state index contributed by atoms with van der Waals surface area (Å²) in [5, 5.41) is 11.5. The molecule has 0 spiro atoms. The van der Waals surface area contributed by atoms with E-state index in [2.05, 4.69) is 32.9 Å². The normalized spacial score (nSPS) is 11.3. The highest BCUT2D eigenvalue weighted by Crippen LogP contribution is 2.24. The van der Waals surface area contributed by atoms with E-state index >= 15 is 0 Å². The number of para-hydroxylation sites is 1. The highest BCUT2D eigenvalue weighted by molar-refractivity contribution is 6.32. The Kier molecular flexibility index (Phi) is 7.95. The van der Waals surface area contributed by atoms with E-state index in [1.807, 2.05) is 53.3 Å². The summed E-state index contributed by atoms with van der Waals surface area (Å²) in [5.74, 6) is 1.46. The van der Waals surface area contributed by atoms with Crippen LogP contribution in [0.3, 0.4) is 0 Å². The molecule has 152 valence electrons. The number of hydrogen-bond acceptors (Lipinski definition) is 3. The van der Waals surface area contributed by atoms with Gasteiger partial charge in [0.15, 0.2) is 5.96 Å². The van der Waals surface area contributed by atoms with Gasteiger partial charge in [-0.15, -0.1) is 0 Å². The van der Waals surface area contributed by atoms with E-state index < -0.39 is 0 Å². The molecule has 0 bridgehead atoms. The Morgan fingerprint density at radius 3 is 2.62 bits per heavy atom. The zero-order valence-corrected chi connectivity index (χ0v) is 17.3. The number of benzene rings is 2. The summed E-state index contributed by atoms with van der Waals surface area (Å²) in [6, 6.07) is 17.6. The average molecular weight is 412 g/mol. The van der Waals surface area contributed by atoms with Crippen LogP contribution in [0.4, 0.5) is 0 Å². The molecule has 0 unspecified atom stereocenters. The molecule has 0 atom stereocenters. The first-order chi connectivity index (χ1) is 14.3. The molecule has 1 heterocycles. The monoisotopic (exact) mass is 411 g/mol. The molecule has 0 aliphatic heterocycles. The second-order valence-electron chi connectivity index (χ2n) is 6.46. The van der Waals surface area contributed by atoms with Gasteiger partial charge in [-0.05, 0) is 35.7 Å². The topological polar surface area (TPSA) is 63.5 Å². The van der Waals surface area contributed by atoms with Crippen LogP contribution in [-0.2, 0) is 19.7 Å². The number of guanidine groups is 1. The molecule has 3 rings (SSSR count).